The first-order valence-electron chi connectivity index (χ1n) is 6.61. The number of anilines is 2. The molecule has 0 radical (unpaired) electrons. The lowest BCUT2D eigenvalue weighted by Crippen LogP contribution is -2.31. The molecule has 1 aromatic rings. The highest BCUT2D eigenvalue weighted by Gasteiger charge is 2.34. The number of sulfonamides is 1. The lowest BCUT2D eigenvalue weighted by Gasteiger charge is -2.29. The van der Waals surface area contributed by atoms with E-state index in [9.17, 15) is 8.42 Å². The van der Waals surface area contributed by atoms with Crippen LogP contribution in [0.1, 0.15) is 33.1 Å². The molecule has 0 amide bonds. The second-order valence-electron chi connectivity index (χ2n) is 6.00. The maximum atomic E-state index is 11.4. The highest BCUT2D eigenvalue weighted by atomic mass is 32.2. The summed E-state index contributed by atoms with van der Waals surface area (Å²) in [6.07, 6.45) is 4.71. The molecule has 0 bridgehead atoms. The summed E-state index contributed by atoms with van der Waals surface area (Å²) in [5, 5.41) is 3.50. The summed E-state index contributed by atoms with van der Waals surface area (Å²) < 4.78 is 25.3. The van der Waals surface area contributed by atoms with Crippen LogP contribution in [0.5, 0.6) is 0 Å². The average molecular weight is 282 g/mol. The monoisotopic (exact) mass is 282 g/mol. The summed E-state index contributed by atoms with van der Waals surface area (Å²) in [6, 6.07) is 7.83. The molecule has 4 nitrogen and oxygen atoms in total. The second kappa shape index (κ2) is 5.04. The number of para-hydroxylation sites is 2. The molecular weight excluding hydrogens is 260 g/mol. The number of hydrogen-bond acceptors (Lipinski definition) is 3. The van der Waals surface area contributed by atoms with Crippen molar-refractivity contribution < 1.29 is 8.42 Å². The first kappa shape index (κ1) is 14.2. The van der Waals surface area contributed by atoms with Crippen LogP contribution in [0.25, 0.3) is 0 Å². The number of hydrogen-bond donors (Lipinski definition) is 2. The molecule has 1 aliphatic carbocycles. The molecule has 1 aromatic carbocycles. The molecule has 0 aliphatic heterocycles. The Labute approximate surface area is 115 Å². The van der Waals surface area contributed by atoms with E-state index in [0.717, 1.165) is 12.1 Å². The highest BCUT2D eigenvalue weighted by Crippen LogP contribution is 2.40. The van der Waals surface area contributed by atoms with Crippen molar-refractivity contribution in [2.24, 2.45) is 5.41 Å². The third-order valence-corrected chi connectivity index (χ3v) is 4.40. The van der Waals surface area contributed by atoms with Gasteiger partial charge in [0.15, 0.2) is 0 Å². The van der Waals surface area contributed by atoms with E-state index >= 15 is 0 Å². The Balaban J connectivity index is 2.21. The van der Waals surface area contributed by atoms with Gasteiger partial charge in [0.2, 0.25) is 10.0 Å². The van der Waals surface area contributed by atoms with E-state index < -0.39 is 10.0 Å². The van der Waals surface area contributed by atoms with Gasteiger partial charge >= 0.3 is 0 Å². The fourth-order valence-electron chi connectivity index (χ4n) is 2.68. The fraction of sp³-hybridized carbons (Fsp3) is 0.571. The lowest BCUT2D eigenvalue weighted by atomic mass is 9.87. The van der Waals surface area contributed by atoms with Gasteiger partial charge in [-0.2, -0.15) is 0 Å². The average Bonchev–Trinajstić information content (AvgIpc) is 2.59. The quantitative estimate of drug-likeness (QED) is 0.892. The Hall–Kier alpha value is -1.23. The molecule has 0 heterocycles. The number of benzene rings is 1. The standard InChI is InChI=1S/C14H22N2O2S/c1-14(2)10-6-9-13(14)15-11-7-4-5-8-12(11)16-19(3,17)18/h4-5,7-8,13,15-16H,6,9-10H2,1-3H3. The van der Waals surface area contributed by atoms with Crippen molar-refractivity contribution in [3.8, 4) is 0 Å². The topological polar surface area (TPSA) is 58.2 Å². The van der Waals surface area contributed by atoms with Crippen LogP contribution in [0, 0.1) is 5.41 Å². The molecule has 19 heavy (non-hydrogen) atoms. The van der Waals surface area contributed by atoms with Gasteiger partial charge in [0.25, 0.3) is 0 Å². The van der Waals surface area contributed by atoms with Crippen LogP contribution in [0.4, 0.5) is 11.4 Å². The van der Waals surface area contributed by atoms with Crippen molar-refractivity contribution in [3.05, 3.63) is 24.3 Å². The normalized spacial score (nSPS) is 22.2. The predicted octanol–water partition coefficient (Wildman–Crippen LogP) is 3.05. The van der Waals surface area contributed by atoms with E-state index in [1.165, 1.54) is 19.1 Å². The fourth-order valence-corrected chi connectivity index (χ4v) is 3.26. The van der Waals surface area contributed by atoms with Gasteiger partial charge in [0.05, 0.1) is 17.6 Å². The minimum atomic E-state index is -3.25. The Morgan fingerprint density at radius 2 is 1.84 bits per heavy atom. The Morgan fingerprint density at radius 3 is 2.37 bits per heavy atom. The summed E-state index contributed by atoms with van der Waals surface area (Å²) in [5.74, 6) is 0. The van der Waals surface area contributed by atoms with Gasteiger partial charge in [0, 0.05) is 6.04 Å². The molecule has 1 saturated carbocycles. The minimum absolute atomic E-state index is 0.248. The molecule has 0 spiro atoms. The van der Waals surface area contributed by atoms with Crippen molar-refractivity contribution in [2.75, 3.05) is 16.3 Å². The maximum Gasteiger partial charge on any atom is 0.229 e. The zero-order chi connectivity index (χ0) is 14.1. The minimum Gasteiger partial charge on any atom is -0.380 e. The van der Waals surface area contributed by atoms with Crippen molar-refractivity contribution in [1.82, 2.24) is 0 Å². The van der Waals surface area contributed by atoms with Crippen LogP contribution >= 0.6 is 0 Å². The molecular formula is C14H22N2O2S. The van der Waals surface area contributed by atoms with Gasteiger partial charge < -0.3 is 5.32 Å². The van der Waals surface area contributed by atoms with Crippen LogP contribution in [-0.2, 0) is 10.0 Å². The Kier molecular flexibility index (Phi) is 3.76. The van der Waals surface area contributed by atoms with Gasteiger partial charge in [-0.25, -0.2) is 8.42 Å². The highest BCUT2D eigenvalue weighted by molar-refractivity contribution is 7.92. The lowest BCUT2D eigenvalue weighted by molar-refractivity contribution is 0.350. The van der Waals surface area contributed by atoms with Gasteiger partial charge in [-0.3, -0.25) is 4.72 Å². The van der Waals surface area contributed by atoms with E-state index in [4.69, 9.17) is 0 Å². The van der Waals surface area contributed by atoms with E-state index in [-0.39, 0.29) is 5.41 Å². The molecule has 2 rings (SSSR count). The predicted molar refractivity (Wildman–Crippen MR) is 80.0 cm³/mol. The number of rotatable bonds is 4. The SMILES string of the molecule is CC1(C)CCCC1Nc1ccccc1NS(C)(=O)=O. The molecule has 0 saturated heterocycles. The Morgan fingerprint density at radius 1 is 1.21 bits per heavy atom. The van der Waals surface area contributed by atoms with E-state index in [1.54, 1.807) is 6.07 Å². The molecule has 1 aliphatic rings. The Bertz CT molecular complexity index is 552. The van der Waals surface area contributed by atoms with Crippen LogP contribution in [-0.4, -0.2) is 20.7 Å². The van der Waals surface area contributed by atoms with Crippen molar-refractivity contribution in [2.45, 2.75) is 39.2 Å². The summed E-state index contributed by atoms with van der Waals surface area (Å²) in [5.41, 5.74) is 1.72. The summed E-state index contributed by atoms with van der Waals surface area (Å²) >= 11 is 0. The molecule has 0 aromatic heterocycles. The molecule has 1 unspecified atom stereocenters. The molecule has 1 fully saturated rings. The summed E-state index contributed by atoms with van der Waals surface area (Å²) in [7, 11) is -3.25. The second-order valence-corrected chi connectivity index (χ2v) is 7.75. The zero-order valence-corrected chi connectivity index (χ0v) is 12.5. The third-order valence-electron chi connectivity index (χ3n) is 3.81. The maximum absolute atomic E-state index is 11.4. The van der Waals surface area contributed by atoms with Crippen molar-refractivity contribution >= 4 is 21.4 Å². The summed E-state index contributed by atoms with van der Waals surface area (Å²) in [4.78, 5) is 0. The van der Waals surface area contributed by atoms with E-state index in [0.29, 0.717) is 11.7 Å². The first-order chi connectivity index (χ1) is 8.78. The van der Waals surface area contributed by atoms with Gasteiger partial charge in [-0.1, -0.05) is 32.4 Å². The van der Waals surface area contributed by atoms with Crippen molar-refractivity contribution in [1.29, 1.82) is 0 Å². The van der Waals surface area contributed by atoms with Gasteiger partial charge in [-0.15, -0.1) is 0 Å². The summed E-state index contributed by atoms with van der Waals surface area (Å²) in [6.45, 7) is 4.51. The molecule has 2 N–H and O–H groups in total. The largest absolute Gasteiger partial charge is 0.380 e. The van der Waals surface area contributed by atoms with Gasteiger partial charge in [0.1, 0.15) is 0 Å². The molecule has 106 valence electrons. The smallest absolute Gasteiger partial charge is 0.229 e. The van der Waals surface area contributed by atoms with Crippen LogP contribution in [0.3, 0.4) is 0 Å². The van der Waals surface area contributed by atoms with Crippen LogP contribution in [0.2, 0.25) is 0 Å². The van der Waals surface area contributed by atoms with Gasteiger partial charge in [-0.05, 0) is 30.4 Å². The first-order valence-corrected chi connectivity index (χ1v) is 8.50. The van der Waals surface area contributed by atoms with Crippen LogP contribution < -0.4 is 10.0 Å². The van der Waals surface area contributed by atoms with Crippen molar-refractivity contribution in [3.63, 3.8) is 0 Å². The third kappa shape index (κ3) is 3.62. The van der Waals surface area contributed by atoms with E-state index in [1.807, 2.05) is 18.2 Å². The van der Waals surface area contributed by atoms with E-state index in [2.05, 4.69) is 23.9 Å². The molecule has 5 heteroatoms. The van der Waals surface area contributed by atoms with Crippen LogP contribution in [0.15, 0.2) is 24.3 Å². The molecule has 1 atom stereocenters. The number of nitrogens with one attached hydrogen (secondary N) is 2. The zero-order valence-electron chi connectivity index (χ0n) is 11.7.